The number of carboxylic acids is 1. The number of carboxylic acid groups (broad SMARTS) is 1. The van der Waals surface area contributed by atoms with Crippen molar-refractivity contribution < 1.29 is 29.0 Å². The van der Waals surface area contributed by atoms with Gasteiger partial charge >= 0.3 is 11.9 Å². The Morgan fingerprint density at radius 2 is 2.03 bits per heavy atom. The molecule has 2 aliphatic rings. The van der Waals surface area contributed by atoms with Gasteiger partial charge in [-0.3, -0.25) is 14.9 Å². The molecule has 8 heteroatoms. The quantitative estimate of drug-likeness (QED) is 0.571. The number of carbonyl (C=O) groups is 3. The molecular weight excluding hydrogens is 400 g/mol. The van der Waals surface area contributed by atoms with Crippen molar-refractivity contribution in [1.82, 2.24) is 10.2 Å². The number of likely N-dealkylation sites (tertiary alicyclic amines) is 1. The predicted molar refractivity (Wildman–Crippen MR) is 113 cm³/mol. The van der Waals surface area contributed by atoms with Gasteiger partial charge in [-0.25, -0.2) is 4.79 Å². The summed E-state index contributed by atoms with van der Waals surface area (Å²) in [7, 11) is 0. The fourth-order valence-corrected chi connectivity index (χ4v) is 4.70. The van der Waals surface area contributed by atoms with Crippen molar-refractivity contribution in [2.75, 3.05) is 26.4 Å². The summed E-state index contributed by atoms with van der Waals surface area (Å²) >= 11 is 0. The van der Waals surface area contributed by atoms with E-state index < -0.39 is 35.5 Å². The van der Waals surface area contributed by atoms with E-state index in [4.69, 9.17) is 9.47 Å². The average Bonchev–Trinajstić information content (AvgIpc) is 3.38. The SMILES string of the molecule is CCOC(=O)C(CCc1ccccc1)N[C@@H](C)C(=O)N1CCC2(CCOC2)C1C(=O)O. The molecule has 1 amide bonds. The van der Waals surface area contributed by atoms with Crippen LogP contribution in [0.1, 0.15) is 38.7 Å². The Balaban J connectivity index is 1.68. The Kier molecular flexibility index (Phi) is 7.67. The Morgan fingerprint density at radius 1 is 1.29 bits per heavy atom. The number of nitrogens with zero attached hydrogens (tertiary/aromatic N) is 1. The first-order chi connectivity index (χ1) is 14.9. The van der Waals surface area contributed by atoms with Gasteiger partial charge in [0.15, 0.2) is 0 Å². The number of carbonyl (C=O) groups excluding carboxylic acids is 2. The van der Waals surface area contributed by atoms with Crippen LogP contribution in [0.15, 0.2) is 30.3 Å². The van der Waals surface area contributed by atoms with Crippen molar-refractivity contribution in [2.45, 2.75) is 57.7 Å². The maximum atomic E-state index is 13.2. The summed E-state index contributed by atoms with van der Waals surface area (Å²) in [6, 6.07) is 7.51. The maximum absolute atomic E-state index is 13.2. The van der Waals surface area contributed by atoms with Crippen LogP contribution in [-0.2, 0) is 30.3 Å². The molecule has 0 radical (unpaired) electrons. The van der Waals surface area contributed by atoms with Gasteiger partial charge < -0.3 is 19.5 Å². The molecule has 0 aromatic heterocycles. The number of hydrogen-bond donors (Lipinski definition) is 2. The highest BCUT2D eigenvalue weighted by Gasteiger charge is 2.55. The topological polar surface area (TPSA) is 105 Å². The van der Waals surface area contributed by atoms with Crippen molar-refractivity contribution in [3.05, 3.63) is 35.9 Å². The van der Waals surface area contributed by atoms with E-state index in [1.807, 2.05) is 30.3 Å². The first kappa shape index (κ1) is 23.2. The van der Waals surface area contributed by atoms with Gasteiger partial charge in [0.25, 0.3) is 0 Å². The lowest BCUT2D eigenvalue weighted by atomic mass is 9.79. The summed E-state index contributed by atoms with van der Waals surface area (Å²) in [6.07, 6.45) is 2.37. The third-order valence-corrected chi connectivity index (χ3v) is 6.35. The third-order valence-electron chi connectivity index (χ3n) is 6.35. The molecule has 4 atom stereocenters. The standard InChI is InChI=1S/C23H32N2O6/c1-3-31-22(29)18(10-9-17-7-5-4-6-8-17)24-16(2)20(26)25-13-11-23(12-14-30-15-23)19(25)21(27)28/h4-8,16,18-19,24H,3,9-15H2,1-2H3,(H,27,28)/t16-,18?,19?,23?/m0/s1. The van der Waals surface area contributed by atoms with Gasteiger partial charge in [0.1, 0.15) is 12.1 Å². The molecule has 3 rings (SSSR count). The minimum atomic E-state index is -1.01. The molecule has 31 heavy (non-hydrogen) atoms. The number of aliphatic carboxylic acids is 1. The fraction of sp³-hybridized carbons (Fsp3) is 0.609. The number of ether oxygens (including phenoxy) is 2. The Bertz CT molecular complexity index is 778. The minimum absolute atomic E-state index is 0.250. The number of rotatable bonds is 9. The Hall–Kier alpha value is -2.45. The summed E-state index contributed by atoms with van der Waals surface area (Å²) in [6.45, 7) is 4.92. The molecule has 0 saturated carbocycles. The van der Waals surface area contributed by atoms with Crippen molar-refractivity contribution in [1.29, 1.82) is 0 Å². The van der Waals surface area contributed by atoms with Gasteiger partial charge in [-0.1, -0.05) is 30.3 Å². The fourth-order valence-electron chi connectivity index (χ4n) is 4.70. The molecular formula is C23H32N2O6. The molecule has 1 aromatic carbocycles. The van der Waals surface area contributed by atoms with Crippen LogP contribution in [-0.4, -0.2) is 72.3 Å². The lowest BCUT2D eigenvalue weighted by Gasteiger charge is -2.32. The van der Waals surface area contributed by atoms with Crippen LogP contribution in [0, 0.1) is 5.41 Å². The molecule has 2 aliphatic heterocycles. The second-order valence-corrected chi connectivity index (χ2v) is 8.40. The van der Waals surface area contributed by atoms with E-state index in [-0.39, 0.29) is 12.5 Å². The molecule has 1 aromatic rings. The second kappa shape index (κ2) is 10.2. The summed E-state index contributed by atoms with van der Waals surface area (Å²) < 4.78 is 10.7. The second-order valence-electron chi connectivity index (χ2n) is 8.40. The number of benzene rings is 1. The van der Waals surface area contributed by atoms with Gasteiger partial charge in [0.2, 0.25) is 5.91 Å². The number of aryl methyl sites for hydroxylation is 1. The lowest BCUT2D eigenvalue weighted by Crippen LogP contribution is -2.55. The summed E-state index contributed by atoms with van der Waals surface area (Å²) in [5.74, 6) is -1.73. The summed E-state index contributed by atoms with van der Waals surface area (Å²) in [5.41, 5.74) is 0.570. The van der Waals surface area contributed by atoms with Crippen LogP contribution in [0.4, 0.5) is 0 Å². The van der Waals surface area contributed by atoms with E-state index in [0.29, 0.717) is 45.4 Å². The highest BCUT2D eigenvalue weighted by atomic mass is 16.5. The highest BCUT2D eigenvalue weighted by molar-refractivity contribution is 5.88. The van der Waals surface area contributed by atoms with Crippen molar-refractivity contribution in [3.8, 4) is 0 Å². The highest BCUT2D eigenvalue weighted by Crippen LogP contribution is 2.44. The van der Waals surface area contributed by atoms with Gasteiger partial charge in [-0.05, 0) is 45.1 Å². The van der Waals surface area contributed by atoms with Crippen LogP contribution in [0.25, 0.3) is 0 Å². The number of amides is 1. The van der Waals surface area contributed by atoms with E-state index >= 15 is 0 Å². The van der Waals surface area contributed by atoms with Crippen LogP contribution in [0.3, 0.4) is 0 Å². The molecule has 2 N–H and O–H groups in total. The zero-order chi connectivity index (χ0) is 22.4. The summed E-state index contributed by atoms with van der Waals surface area (Å²) in [4.78, 5) is 39.2. The molecule has 170 valence electrons. The predicted octanol–water partition coefficient (Wildman–Crippen LogP) is 1.62. The van der Waals surface area contributed by atoms with Crippen LogP contribution in [0.2, 0.25) is 0 Å². The van der Waals surface area contributed by atoms with Gasteiger partial charge in [-0.15, -0.1) is 0 Å². The molecule has 8 nitrogen and oxygen atoms in total. The van der Waals surface area contributed by atoms with Crippen molar-refractivity contribution in [2.24, 2.45) is 5.41 Å². The third kappa shape index (κ3) is 5.25. The molecule has 0 aliphatic carbocycles. The Morgan fingerprint density at radius 3 is 2.65 bits per heavy atom. The van der Waals surface area contributed by atoms with E-state index in [0.717, 1.165) is 5.56 Å². The first-order valence-corrected chi connectivity index (χ1v) is 11.0. The van der Waals surface area contributed by atoms with Crippen LogP contribution >= 0.6 is 0 Å². The van der Waals surface area contributed by atoms with E-state index in [2.05, 4.69) is 5.32 Å². The monoisotopic (exact) mass is 432 g/mol. The summed E-state index contributed by atoms with van der Waals surface area (Å²) in [5, 5.41) is 12.9. The molecule has 1 spiro atoms. The van der Waals surface area contributed by atoms with Gasteiger partial charge in [-0.2, -0.15) is 0 Å². The minimum Gasteiger partial charge on any atom is -0.480 e. The van der Waals surface area contributed by atoms with Crippen molar-refractivity contribution in [3.63, 3.8) is 0 Å². The molecule has 2 fully saturated rings. The molecule has 0 bridgehead atoms. The van der Waals surface area contributed by atoms with Gasteiger partial charge in [0, 0.05) is 18.6 Å². The number of hydrogen-bond acceptors (Lipinski definition) is 6. The number of esters is 1. The van der Waals surface area contributed by atoms with E-state index in [1.54, 1.807) is 13.8 Å². The largest absolute Gasteiger partial charge is 0.480 e. The smallest absolute Gasteiger partial charge is 0.327 e. The molecule has 2 heterocycles. The normalized spacial score (nSPS) is 24.8. The molecule has 3 unspecified atom stereocenters. The lowest BCUT2D eigenvalue weighted by molar-refractivity contribution is -0.153. The van der Waals surface area contributed by atoms with Crippen LogP contribution < -0.4 is 5.32 Å². The average molecular weight is 433 g/mol. The van der Waals surface area contributed by atoms with E-state index in [9.17, 15) is 19.5 Å². The van der Waals surface area contributed by atoms with Gasteiger partial charge in [0.05, 0.1) is 19.3 Å². The van der Waals surface area contributed by atoms with Crippen molar-refractivity contribution >= 4 is 17.8 Å². The zero-order valence-electron chi connectivity index (χ0n) is 18.2. The maximum Gasteiger partial charge on any atom is 0.327 e. The van der Waals surface area contributed by atoms with E-state index in [1.165, 1.54) is 4.90 Å². The molecule has 2 saturated heterocycles. The number of nitrogens with one attached hydrogen (secondary N) is 1. The zero-order valence-corrected chi connectivity index (χ0v) is 18.2. The van der Waals surface area contributed by atoms with Crippen LogP contribution in [0.5, 0.6) is 0 Å². The first-order valence-electron chi connectivity index (χ1n) is 11.0. The Labute approximate surface area is 182 Å².